The molecule has 0 aliphatic carbocycles. The van der Waals surface area contributed by atoms with E-state index in [0.717, 1.165) is 0 Å². The van der Waals surface area contributed by atoms with E-state index in [1.807, 2.05) is 0 Å². The SMILES string of the molecule is COC/C(=C/C(=N)c1nc(N)c2c(n1)NC(=O)C2(C)C(N)=O)NCc1ccccc1F. The predicted octanol–water partition coefficient (Wildman–Crippen LogP) is 0.581. The molecular weight excluding hydrogens is 405 g/mol. The number of aromatic nitrogens is 2. The van der Waals surface area contributed by atoms with E-state index in [1.165, 1.54) is 26.2 Å². The summed E-state index contributed by atoms with van der Waals surface area (Å²) in [5.41, 5.74) is 10.5. The zero-order chi connectivity index (χ0) is 22.8. The van der Waals surface area contributed by atoms with Crippen molar-refractivity contribution < 1.29 is 18.7 Å². The second-order valence-electron chi connectivity index (χ2n) is 7.06. The largest absolute Gasteiger partial charge is 0.383 e. The number of fused-ring (bicyclic) bond motifs is 1. The molecule has 1 aliphatic rings. The van der Waals surface area contributed by atoms with Crippen LogP contribution in [0.25, 0.3) is 0 Å². The van der Waals surface area contributed by atoms with Gasteiger partial charge in [0.05, 0.1) is 12.2 Å². The lowest BCUT2D eigenvalue weighted by Crippen LogP contribution is -2.44. The molecular formula is C20H22FN7O3. The zero-order valence-corrected chi connectivity index (χ0v) is 17.0. The highest BCUT2D eigenvalue weighted by atomic mass is 19.1. The number of hydrogen-bond acceptors (Lipinski definition) is 8. The lowest BCUT2D eigenvalue weighted by Gasteiger charge is -2.18. The molecule has 162 valence electrons. The third kappa shape index (κ3) is 4.08. The van der Waals surface area contributed by atoms with Crippen LogP contribution in [0.4, 0.5) is 16.0 Å². The maximum absolute atomic E-state index is 13.8. The molecule has 10 nitrogen and oxygen atoms in total. The van der Waals surface area contributed by atoms with Crippen LogP contribution in [0.3, 0.4) is 0 Å². The molecule has 0 spiro atoms. The van der Waals surface area contributed by atoms with Crippen LogP contribution in [0.15, 0.2) is 36.0 Å². The third-order valence-corrected chi connectivity index (χ3v) is 4.94. The van der Waals surface area contributed by atoms with Gasteiger partial charge < -0.3 is 26.8 Å². The average molecular weight is 427 g/mol. The van der Waals surface area contributed by atoms with Gasteiger partial charge in [0.2, 0.25) is 11.8 Å². The summed E-state index contributed by atoms with van der Waals surface area (Å²) >= 11 is 0. The summed E-state index contributed by atoms with van der Waals surface area (Å²) in [6.45, 7) is 1.63. The number of carbonyl (C=O) groups is 2. The first kappa shape index (κ1) is 21.8. The van der Waals surface area contributed by atoms with Crippen molar-refractivity contribution in [3.63, 3.8) is 0 Å². The molecule has 1 unspecified atom stereocenters. The minimum Gasteiger partial charge on any atom is -0.383 e. The number of nitrogens with one attached hydrogen (secondary N) is 3. The van der Waals surface area contributed by atoms with Gasteiger partial charge in [-0.2, -0.15) is 0 Å². The molecule has 0 bridgehead atoms. The Balaban J connectivity index is 1.88. The lowest BCUT2D eigenvalue weighted by atomic mass is 9.84. The Labute approximate surface area is 177 Å². The van der Waals surface area contributed by atoms with Gasteiger partial charge in [-0.3, -0.25) is 15.0 Å². The molecule has 2 aromatic rings. The topological polar surface area (TPSA) is 169 Å². The van der Waals surface area contributed by atoms with E-state index in [-0.39, 0.29) is 47.7 Å². The number of anilines is 2. The summed E-state index contributed by atoms with van der Waals surface area (Å²) in [5.74, 6) is -2.09. The second-order valence-corrected chi connectivity index (χ2v) is 7.06. The first-order valence-electron chi connectivity index (χ1n) is 9.23. The van der Waals surface area contributed by atoms with Gasteiger partial charge in [-0.05, 0) is 19.1 Å². The fourth-order valence-electron chi connectivity index (χ4n) is 3.15. The van der Waals surface area contributed by atoms with Crippen LogP contribution < -0.4 is 22.1 Å². The van der Waals surface area contributed by atoms with Crippen LogP contribution in [0, 0.1) is 11.2 Å². The number of ether oxygens (including phenoxy) is 1. The van der Waals surface area contributed by atoms with Crippen molar-refractivity contribution >= 4 is 29.2 Å². The average Bonchev–Trinajstić information content (AvgIpc) is 2.99. The molecule has 1 aromatic heterocycles. The first-order valence-corrected chi connectivity index (χ1v) is 9.23. The Morgan fingerprint density at radius 3 is 2.74 bits per heavy atom. The van der Waals surface area contributed by atoms with Gasteiger partial charge >= 0.3 is 0 Å². The van der Waals surface area contributed by atoms with Crippen molar-refractivity contribution in [1.29, 1.82) is 5.41 Å². The summed E-state index contributed by atoms with van der Waals surface area (Å²) < 4.78 is 19.0. The molecule has 31 heavy (non-hydrogen) atoms. The number of benzene rings is 1. The lowest BCUT2D eigenvalue weighted by molar-refractivity contribution is -0.131. The van der Waals surface area contributed by atoms with Crippen LogP contribution >= 0.6 is 0 Å². The zero-order valence-electron chi connectivity index (χ0n) is 17.0. The number of carbonyl (C=O) groups excluding carboxylic acids is 2. The van der Waals surface area contributed by atoms with E-state index in [9.17, 15) is 14.0 Å². The summed E-state index contributed by atoms with van der Waals surface area (Å²) in [7, 11) is 1.48. The highest BCUT2D eigenvalue weighted by molar-refractivity contribution is 6.20. The summed E-state index contributed by atoms with van der Waals surface area (Å²) in [6.07, 6.45) is 1.41. The molecule has 3 rings (SSSR count). The Hall–Kier alpha value is -3.86. The maximum Gasteiger partial charge on any atom is 0.245 e. The highest BCUT2D eigenvalue weighted by Gasteiger charge is 2.51. The molecule has 11 heteroatoms. The van der Waals surface area contributed by atoms with Crippen LogP contribution in [-0.2, 0) is 26.3 Å². The Morgan fingerprint density at radius 1 is 1.39 bits per heavy atom. The number of allylic oxidation sites excluding steroid dienone is 1. The molecule has 0 radical (unpaired) electrons. The van der Waals surface area contributed by atoms with Crippen molar-refractivity contribution in [2.75, 3.05) is 24.8 Å². The molecule has 0 saturated heterocycles. The first-order chi connectivity index (χ1) is 14.7. The number of rotatable bonds is 8. The van der Waals surface area contributed by atoms with Crippen molar-refractivity contribution in [3.8, 4) is 0 Å². The van der Waals surface area contributed by atoms with E-state index in [0.29, 0.717) is 11.3 Å². The normalized spacial score (nSPS) is 17.8. The second kappa shape index (κ2) is 8.48. The molecule has 2 amide bonds. The Bertz CT molecular complexity index is 1100. The Kier molecular flexibility index (Phi) is 5.97. The molecule has 1 aromatic carbocycles. The minimum absolute atomic E-state index is 0.0274. The number of methoxy groups -OCH3 is 1. The standard InChI is InChI=1S/C20H22FN7O3/c1-20(18(24)29)14-15(23)26-16(27-17(14)28-19(20)30)13(22)7-11(9-31-2)25-8-10-5-3-4-6-12(10)21/h3-7,22,25H,8-9H2,1-2H3,(H2,24,29)(H3,23,26,27,28,30)/b11-7-,22-13?. The van der Waals surface area contributed by atoms with Gasteiger partial charge in [-0.15, -0.1) is 0 Å². The van der Waals surface area contributed by atoms with Gasteiger partial charge in [0.1, 0.15) is 23.2 Å². The number of nitrogens with zero attached hydrogens (tertiary/aromatic N) is 2. The summed E-state index contributed by atoms with van der Waals surface area (Å²) in [6, 6.07) is 6.31. The number of halogens is 1. The van der Waals surface area contributed by atoms with Crippen LogP contribution in [0.5, 0.6) is 0 Å². The van der Waals surface area contributed by atoms with Crippen molar-refractivity contribution in [2.24, 2.45) is 5.73 Å². The third-order valence-electron chi connectivity index (χ3n) is 4.94. The summed E-state index contributed by atoms with van der Waals surface area (Å²) in [4.78, 5) is 32.4. The number of primary amides is 1. The van der Waals surface area contributed by atoms with Gasteiger partial charge in [0.15, 0.2) is 11.2 Å². The highest BCUT2D eigenvalue weighted by Crippen LogP contribution is 2.39. The molecule has 7 N–H and O–H groups in total. The maximum atomic E-state index is 13.8. The predicted molar refractivity (Wildman–Crippen MR) is 112 cm³/mol. The fraction of sp³-hybridized carbons (Fsp3) is 0.250. The Morgan fingerprint density at radius 2 is 2.10 bits per heavy atom. The van der Waals surface area contributed by atoms with Gasteiger partial charge in [-0.25, -0.2) is 14.4 Å². The van der Waals surface area contributed by atoms with E-state index >= 15 is 0 Å². The van der Waals surface area contributed by atoms with Crippen LogP contribution in [0.2, 0.25) is 0 Å². The van der Waals surface area contributed by atoms with E-state index in [2.05, 4.69) is 20.6 Å². The molecule has 1 aliphatic heterocycles. The quantitative estimate of drug-likeness (QED) is 0.303. The monoisotopic (exact) mass is 427 g/mol. The van der Waals surface area contributed by atoms with E-state index in [4.69, 9.17) is 21.6 Å². The van der Waals surface area contributed by atoms with E-state index < -0.39 is 17.2 Å². The number of amides is 2. The van der Waals surface area contributed by atoms with Gasteiger partial charge in [0.25, 0.3) is 0 Å². The molecule has 0 saturated carbocycles. The molecule has 2 heterocycles. The molecule has 1 atom stereocenters. The minimum atomic E-state index is -1.70. The van der Waals surface area contributed by atoms with Gasteiger partial charge in [0, 0.05) is 24.9 Å². The van der Waals surface area contributed by atoms with Crippen molar-refractivity contribution in [3.05, 3.63) is 58.8 Å². The number of hydrogen-bond donors (Lipinski definition) is 5. The fourth-order valence-corrected chi connectivity index (χ4v) is 3.15. The number of nitrogen functional groups attached to an aromatic ring is 1. The van der Waals surface area contributed by atoms with Gasteiger partial charge in [-0.1, -0.05) is 18.2 Å². The van der Waals surface area contributed by atoms with Crippen LogP contribution in [-0.4, -0.2) is 41.2 Å². The summed E-state index contributed by atoms with van der Waals surface area (Å²) in [5, 5.41) is 13.8. The smallest absolute Gasteiger partial charge is 0.245 e. The number of nitrogens with two attached hydrogens (primary N) is 2. The van der Waals surface area contributed by atoms with Crippen LogP contribution in [0.1, 0.15) is 23.9 Å². The molecule has 0 fully saturated rings. The van der Waals surface area contributed by atoms with Crippen molar-refractivity contribution in [1.82, 2.24) is 15.3 Å². The van der Waals surface area contributed by atoms with Crippen molar-refractivity contribution in [2.45, 2.75) is 18.9 Å². The van der Waals surface area contributed by atoms with E-state index in [1.54, 1.807) is 18.2 Å².